The van der Waals surface area contributed by atoms with E-state index in [1.54, 1.807) is 0 Å². The van der Waals surface area contributed by atoms with Crippen LogP contribution in [-0.4, -0.2) is 29.7 Å². The highest BCUT2D eigenvalue weighted by Crippen LogP contribution is 2.32. The van der Waals surface area contributed by atoms with Crippen LogP contribution in [0.1, 0.15) is 37.3 Å². The number of benzene rings is 1. The molecule has 0 bridgehead atoms. The molecule has 0 radical (unpaired) electrons. The molecule has 2 aliphatic heterocycles. The highest BCUT2D eigenvalue weighted by Gasteiger charge is 2.25. The summed E-state index contributed by atoms with van der Waals surface area (Å²) in [4.78, 5) is 0. The summed E-state index contributed by atoms with van der Waals surface area (Å²) < 4.78 is 0. The van der Waals surface area contributed by atoms with Crippen molar-refractivity contribution in [2.24, 2.45) is 10.4 Å². The summed E-state index contributed by atoms with van der Waals surface area (Å²) in [5.41, 5.74) is 1.36. The van der Waals surface area contributed by atoms with Gasteiger partial charge in [0.2, 0.25) is 0 Å². The largest absolute Gasteiger partial charge is 0.277 e. The molecule has 0 saturated carbocycles. The van der Waals surface area contributed by atoms with Crippen LogP contribution in [0.4, 0.5) is 0 Å². The Morgan fingerprint density at radius 3 is 2.44 bits per heavy atom. The first kappa shape index (κ1) is 11.5. The second kappa shape index (κ2) is 5.38. The maximum atomic E-state index is 4.45. The summed E-state index contributed by atoms with van der Waals surface area (Å²) in [5, 5.41) is 13.0. The van der Waals surface area contributed by atoms with Crippen LogP contribution in [0.5, 0.6) is 0 Å². The van der Waals surface area contributed by atoms with Gasteiger partial charge in [-0.15, -0.1) is 0 Å². The minimum absolute atomic E-state index is 0.414. The Hall–Kier alpha value is -1.58. The Labute approximate surface area is 108 Å². The van der Waals surface area contributed by atoms with Crippen LogP contribution < -0.4 is 0 Å². The maximum absolute atomic E-state index is 4.45. The van der Waals surface area contributed by atoms with Gasteiger partial charge in [0.1, 0.15) is 0 Å². The van der Waals surface area contributed by atoms with Gasteiger partial charge in [0, 0.05) is 19.6 Å². The lowest BCUT2D eigenvalue weighted by Crippen LogP contribution is -2.18. The molecule has 2 saturated heterocycles. The highest BCUT2D eigenvalue weighted by atomic mass is 15.7. The molecule has 1 aromatic rings. The summed E-state index contributed by atoms with van der Waals surface area (Å²) in [6.07, 6.45) is 4.89. The molecule has 1 atom stereocenters. The number of hydrogen-bond donors (Lipinski definition) is 0. The molecule has 4 nitrogen and oxygen atoms in total. The van der Waals surface area contributed by atoms with E-state index in [-0.39, 0.29) is 0 Å². The predicted molar refractivity (Wildman–Crippen MR) is 70.8 cm³/mol. The molecule has 2 heterocycles. The fourth-order valence-corrected chi connectivity index (χ4v) is 2.77. The molecule has 96 valence electrons. The Kier molecular flexibility index (Phi) is 3.44. The van der Waals surface area contributed by atoms with Gasteiger partial charge in [-0.2, -0.15) is 0 Å². The van der Waals surface area contributed by atoms with E-state index in [0.29, 0.717) is 6.04 Å². The predicted octanol–water partition coefficient (Wildman–Crippen LogP) is 3.20. The van der Waals surface area contributed by atoms with Crippen LogP contribution in [0.3, 0.4) is 0 Å². The summed E-state index contributed by atoms with van der Waals surface area (Å²) >= 11 is 0. The lowest BCUT2D eigenvalue weighted by atomic mass is 10.1. The third kappa shape index (κ3) is 2.47. The van der Waals surface area contributed by atoms with Crippen LogP contribution in [0, 0.1) is 0 Å². The molecule has 0 aromatic heterocycles. The van der Waals surface area contributed by atoms with E-state index >= 15 is 0 Å². The SMILES string of the molecule is c1ccc(C2CCCN2N=NN2CCCC2)cc1. The van der Waals surface area contributed by atoms with Gasteiger partial charge in [-0.1, -0.05) is 40.8 Å². The third-order valence-corrected chi connectivity index (χ3v) is 3.77. The van der Waals surface area contributed by atoms with Crippen LogP contribution in [-0.2, 0) is 0 Å². The van der Waals surface area contributed by atoms with Gasteiger partial charge in [-0.25, -0.2) is 0 Å². The third-order valence-electron chi connectivity index (χ3n) is 3.77. The average molecular weight is 244 g/mol. The van der Waals surface area contributed by atoms with Crippen molar-refractivity contribution in [1.82, 2.24) is 10.0 Å². The van der Waals surface area contributed by atoms with Gasteiger partial charge in [-0.05, 0) is 31.2 Å². The van der Waals surface area contributed by atoms with Crippen molar-refractivity contribution in [2.45, 2.75) is 31.7 Å². The summed E-state index contributed by atoms with van der Waals surface area (Å²) in [5.74, 6) is 0. The average Bonchev–Trinajstić information content (AvgIpc) is 3.09. The second-order valence-corrected chi connectivity index (χ2v) is 5.07. The highest BCUT2D eigenvalue weighted by molar-refractivity contribution is 5.19. The molecule has 1 aromatic carbocycles. The van der Waals surface area contributed by atoms with E-state index in [1.807, 2.05) is 0 Å². The van der Waals surface area contributed by atoms with Crippen molar-refractivity contribution >= 4 is 0 Å². The fourth-order valence-electron chi connectivity index (χ4n) is 2.77. The molecule has 2 aliphatic rings. The Bertz CT molecular complexity index is 398. The summed E-state index contributed by atoms with van der Waals surface area (Å²) in [7, 11) is 0. The van der Waals surface area contributed by atoms with Gasteiger partial charge >= 0.3 is 0 Å². The second-order valence-electron chi connectivity index (χ2n) is 5.07. The van der Waals surface area contributed by atoms with Crippen molar-refractivity contribution < 1.29 is 0 Å². The van der Waals surface area contributed by atoms with Crippen LogP contribution in [0.25, 0.3) is 0 Å². The molecule has 18 heavy (non-hydrogen) atoms. The Morgan fingerprint density at radius 2 is 1.67 bits per heavy atom. The van der Waals surface area contributed by atoms with Crippen LogP contribution >= 0.6 is 0 Å². The van der Waals surface area contributed by atoms with Crippen molar-refractivity contribution in [2.75, 3.05) is 19.6 Å². The van der Waals surface area contributed by atoms with E-state index in [1.165, 1.54) is 31.2 Å². The Morgan fingerprint density at radius 1 is 0.889 bits per heavy atom. The number of rotatable bonds is 3. The fraction of sp³-hybridized carbons (Fsp3) is 0.571. The van der Waals surface area contributed by atoms with Crippen molar-refractivity contribution in [3.8, 4) is 0 Å². The molecule has 0 N–H and O–H groups in total. The molecule has 4 heteroatoms. The van der Waals surface area contributed by atoms with Crippen LogP contribution in [0.2, 0.25) is 0 Å². The van der Waals surface area contributed by atoms with Gasteiger partial charge in [-0.3, -0.25) is 10.0 Å². The molecular formula is C14H20N4. The van der Waals surface area contributed by atoms with Gasteiger partial charge < -0.3 is 0 Å². The normalized spacial score (nSPS) is 24.3. The molecule has 2 fully saturated rings. The quantitative estimate of drug-likeness (QED) is 0.765. The van der Waals surface area contributed by atoms with E-state index in [4.69, 9.17) is 0 Å². The molecule has 0 spiro atoms. The lowest BCUT2D eigenvalue weighted by Gasteiger charge is -2.21. The first-order chi connectivity index (χ1) is 8.93. The molecule has 0 amide bonds. The lowest BCUT2D eigenvalue weighted by molar-refractivity contribution is 0.205. The molecule has 1 unspecified atom stereocenters. The molecular weight excluding hydrogens is 224 g/mol. The zero-order valence-electron chi connectivity index (χ0n) is 10.7. The minimum Gasteiger partial charge on any atom is -0.277 e. The zero-order valence-corrected chi connectivity index (χ0v) is 10.7. The van der Waals surface area contributed by atoms with Crippen molar-refractivity contribution in [1.29, 1.82) is 0 Å². The topological polar surface area (TPSA) is 31.2 Å². The summed E-state index contributed by atoms with van der Waals surface area (Å²) in [6.45, 7) is 3.15. The van der Waals surface area contributed by atoms with E-state index in [0.717, 1.165) is 19.6 Å². The number of hydrogen-bond acceptors (Lipinski definition) is 2. The van der Waals surface area contributed by atoms with Gasteiger partial charge in [0.05, 0.1) is 6.04 Å². The zero-order chi connectivity index (χ0) is 12.2. The Balaban J connectivity index is 1.67. The summed E-state index contributed by atoms with van der Waals surface area (Å²) in [6, 6.07) is 11.1. The van der Waals surface area contributed by atoms with E-state index in [2.05, 4.69) is 50.8 Å². The minimum atomic E-state index is 0.414. The van der Waals surface area contributed by atoms with Crippen molar-refractivity contribution in [3.05, 3.63) is 35.9 Å². The van der Waals surface area contributed by atoms with Gasteiger partial charge in [0.15, 0.2) is 0 Å². The first-order valence-electron chi connectivity index (χ1n) is 6.91. The molecule has 0 aliphatic carbocycles. The standard InChI is InChI=1S/C14H20N4/c1-2-7-13(8-3-1)14-9-6-12-18(14)16-15-17-10-4-5-11-17/h1-3,7-8,14H,4-6,9-12H2. The van der Waals surface area contributed by atoms with Crippen LogP contribution in [0.15, 0.2) is 40.8 Å². The monoisotopic (exact) mass is 244 g/mol. The molecule has 3 rings (SSSR count). The number of nitrogens with zero attached hydrogens (tertiary/aromatic N) is 4. The maximum Gasteiger partial charge on any atom is 0.0738 e. The van der Waals surface area contributed by atoms with E-state index < -0.39 is 0 Å². The smallest absolute Gasteiger partial charge is 0.0738 e. The first-order valence-corrected chi connectivity index (χ1v) is 6.91. The van der Waals surface area contributed by atoms with E-state index in [9.17, 15) is 0 Å². The van der Waals surface area contributed by atoms with Gasteiger partial charge in [0.25, 0.3) is 0 Å². The van der Waals surface area contributed by atoms with Crippen molar-refractivity contribution in [3.63, 3.8) is 0 Å².